The molecule has 0 radical (unpaired) electrons. The van der Waals surface area contributed by atoms with Crippen molar-refractivity contribution in [3.05, 3.63) is 0 Å². The van der Waals surface area contributed by atoms with Crippen molar-refractivity contribution >= 4 is 5.91 Å². The van der Waals surface area contributed by atoms with Crippen LogP contribution >= 0.6 is 0 Å². The Morgan fingerprint density at radius 2 is 2.11 bits per heavy atom. The molecule has 1 saturated heterocycles. The Balaban J connectivity index is 2.65. The topological polar surface area (TPSA) is 49.3 Å². The fourth-order valence-corrected chi connectivity index (χ4v) is 1.03. The van der Waals surface area contributed by atoms with E-state index < -0.39 is 6.10 Å². The lowest BCUT2D eigenvalue weighted by molar-refractivity contribution is -0.123. The lowest BCUT2D eigenvalue weighted by Gasteiger charge is -2.07. The molecule has 0 aliphatic carbocycles. The van der Waals surface area contributed by atoms with Crippen molar-refractivity contribution in [2.45, 2.75) is 26.0 Å². The summed E-state index contributed by atoms with van der Waals surface area (Å²) in [5.74, 6) is -0.282. The first-order chi connectivity index (χ1) is 4.13. The molecule has 1 aliphatic heterocycles. The predicted octanol–water partition coefficient (Wildman–Crippen LogP) is -0.498. The smallest absolute Gasteiger partial charge is 0.225 e. The highest BCUT2D eigenvalue weighted by Crippen LogP contribution is 2.14. The number of aliphatic hydroxyl groups is 1. The van der Waals surface area contributed by atoms with Crippen LogP contribution in [0.4, 0.5) is 0 Å². The van der Waals surface area contributed by atoms with Gasteiger partial charge in [-0.25, -0.2) is 0 Å². The van der Waals surface area contributed by atoms with Crippen LogP contribution in [0.5, 0.6) is 0 Å². The zero-order valence-corrected chi connectivity index (χ0v) is 5.59. The molecule has 2 N–H and O–H groups in total. The first-order valence-electron chi connectivity index (χ1n) is 3.11. The summed E-state index contributed by atoms with van der Waals surface area (Å²) in [5, 5.41) is 11.8. The van der Waals surface area contributed by atoms with Gasteiger partial charge in [-0.1, -0.05) is 6.92 Å². The number of hydrogen-bond donors (Lipinski definition) is 2. The van der Waals surface area contributed by atoms with Crippen molar-refractivity contribution in [2.75, 3.05) is 0 Å². The average molecular weight is 129 g/mol. The molecule has 1 fully saturated rings. The minimum Gasteiger partial charge on any atom is -0.390 e. The molecule has 0 bridgehead atoms. The molecular weight excluding hydrogens is 118 g/mol. The second-order valence-electron chi connectivity index (χ2n) is 2.58. The molecule has 0 spiro atoms. The molecule has 3 atom stereocenters. The largest absolute Gasteiger partial charge is 0.390 e. The van der Waals surface area contributed by atoms with Gasteiger partial charge in [0.25, 0.3) is 0 Å². The van der Waals surface area contributed by atoms with Crippen molar-refractivity contribution in [3.8, 4) is 0 Å². The average Bonchev–Trinajstić information content (AvgIpc) is 1.98. The van der Waals surface area contributed by atoms with Gasteiger partial charge in [-0.15, -0.1) is 0 Å². The van der Waals surface area contributed by atoms with Crippen LogP contribution in [0, 0.1) is 5.92 Å². The van der Waals surface area contributed by atoms with Gasteiger partial charge in [-0.3, -0.25) is 4.79 Å². The number of nitrogens with one attached hydrogen (secondary N) is 1. The molecule has 1 heterocycles. The Bertz CT molecular complexity index is 135. The number of aliphatic hydroxyl groups excluding tert-OH is 1. The molecule has 9 heavy (non-hydrogen) atoms. The summed E-state index contributed by atoms with van der Waals surface area (Å²) in [5.41, 5.74) is 0. The minimum absolute atomic E-state index is 0.0463. The monoisotopic (exact) mass is 129 g/mol. The first-order valence-corrected chi connectivity index (χ1v) is 3.11. The van der Waals surface area contributed by atoms with Gasteiger partial charge < -0.3 is 10.4 Å². The number of carbonyl (C=O) groups excluding carboxylic acids is 1. The number of hydrogen-bond acceptors (Lipinski definition) is 2. The Morgan fingerprint density at radius 1 is 1.56 bits per heavy atom. The van der Waals surface area contributed by atoms with Crippen LogP contribution in [0.1, 0.15) is 13.8 Å². The number of amides is 1. The van der Waals surface area contributed by atoms with Gasteiger partial charge in [-0.2, -0.15) is 0 Å². The molecule has 0 unspecified atom stereocenters. The molecule has 1 amide bonds. The zero-order valence-electron chi connectivity index (χ0n) is 5.59. The fourth-order valence-electron chi connectivity index (χ4n) is 1.03. The quantitative estimate of drug-likeness (QED) is 0.463. The standard InChI is InChI=1S/C6H11NO2/c1-3-5(8)4(2)7-6(3)9/h3-5,8H,1-2H3,(H,7,9)/t3-,4+,5-/m0/s1. The van der Waals surface area contributed by atoms with Gasteiger partial charge in [0.15, 0.2) is 0 Å². The minimum atomic E-state index is -0.502. The maximum absolute atomic E-state index is 10.7. The van der Waals surface area contributed by atoms with Gasteiger partial charge in [0.2, 0.25) is 5.91 Å². The van der Waals surface area contributed by atoms with Crippen molar-refractivity contribution in [1.82, 2.24) is 5.32 Å². The van der Waals surface area contributed by atoms with Gasteiger partial charge in [0.05, 0.1) is 18.1 Å². The van der Waals surface area contributed by atoms with Crippen LogP contribution < -0.4 is 5.32 Å². The molecule has 0 aromatic carbocycles. The van der Waals surface area contributed by atoms with Gasteiger partial charge in [0, 0.05) is 0 Å². The molecule has 3 nitrogen and oxygen atoms in total. The van der Waals surface area contributed by atoms with E-state index in [0.29, 0.717) is 0 Å². The maximum atomic E-state index is 10.7. The van der Waals surface area contributed by atoms with Crippen molar-refractivity contribution < 1.29 is 9.90 Å². The van der Waals surface area contributed by atoms with E-state index in [1.165, 1.54) is 0 Å². The number of carbonyl (C=O) groups is 1. The predicted molar refractivity (Wildman–Crippen MR) is 32.8 cm³/mol. The van der Waals surface area contributed by atoms with E-state index in [-0.39, 0.29) is 17.9 Å². The summed E-state index contributed by atoms with van der Waals surface area (Å²) in [6.07, 6.45) is -0.502. The van der Waals surface area contributed by atoms with E-state index in [1.807, 2.05) is 0 Å². The Kier molecular flexibility index (Phi) is 1.45. The van der Waals surface area contributed by atoms with Gasteiger partial charge in [-0.05, 0) is 6.92 Å². The molecule has 0 aromatic rings. The van der Waals surface area contributed by atoms with Crippen LogP contribution in [-0.4, -0.2) is 23.2 Å². The van der Waals surface area contributed by atoms with E-state index in [4.69, 9.17) is 5.11 Å². The van der Waals surface area contributed by atoms with E-state index in [9.17, 15) is 4.79 Å². The normalized spacial score (nSPS) is 43.0. The number of rotatable bonds is 0. The van der Waals surface area contributed by atoms with Crippen molar-refractivity contribution in [3.63, 3.8) is 0 Å². The van der Waals surface area contributed by atoms with E-state index in [0.717, 1.165) is 0 Å². The molecule has 0 aromatic heterocycles. The van der Waals surface area contributed by atoms with E-state index in [1.54, 1.807) is 13.8 Å². The highest BCUT2D eigenvalue weighted by atomic mass is 16.3. The lowest BCUT2D eigenvalue weighted by Crippen LogP contribution is -2.27. The highest BCUT2D eigenvalue weighted by Gasteiger charge is 2.34. The van der Waals surface area contributed by atoms with E-state index >= 15 is 0 Å². The SMILES string of the molecule is C[C@@H]1C(=O)N[C@H](C)[C@H]1O. The Hall–Kier alpha value is -0.570. The summed E-state index contributed by atoms with van der Waals surface area (Å²) in [7, 11) is 0. The van der Waals surface area contributed by atoms with Crippen LogP contribution in [-0.2, 0) is 4.79 Å². The zero-order chi connectivity index (χ0) is 7.02. The van der Waals surface area contributed by atoms with E-state index in [2.05, 4.69) is 5.32 Å². The molecular formula is C6H11NO2. The maximum Gasteiger partial charge on any atom is 0.225 e. The first kappa shape index (κ1) is 6.55. The van der Waals surface area contributed by atoms with Crippen LogP contribution in [0.2, 0.25) is 0 Å². The van der Waals surface area contributed by atoms with Crippen molar-refractivity contribution in [2.24, 2.45) is 5.92 Å². The summed E-state index contributed by atoms with van der Waals surface area (Å²) in [6, 6.07) is -0.0764. The lowest BCUT2D eigenvalue weighted by atomic mass is 10.1. The molecule has 1 aliphatic rings. The van der Waals surface area contributed by atoms with Crippen LogP contribution in [0.3, 0.4) is 0 Å². The molecule has 52 valence electrons. The summed E-state index contributed by atoms with van der Waals surface area (Å²) in [6.45, 7) is 3.52. The molecule has 3 heteroatoms. The van der Waals surface area contributed by atoms with Crippen LogP contribution in [0.15, 0.2) is 0 Å². The second kappa shape index (κ2) is 1.99. The second-order valence-corrected chi connectivity index (χ2v) is 2.58. The third kappa shape index (κ3) is 0.920. The van der Waals surface area contributed by atoms with Crippen molar-refractivity contribution in [1.29, 1.82) is 0 Å². The summed E-state index contributed by atoms with van der Waals surface area (Å²) >= 11 is 0. The Labute approximate surface area is 54.1 Å². The third-order valence-corrected chi connectivity index (χ3v) is 1.81. The molecule has 1 rings (SSSR count). The summed E-state index contributed by atoms with van der Waals surface area (Å²) < 4.78 is 0. The fraction of sp³-hybridized carbons (Fsp3) is 0.833. The van der Waals surface area contributed by atoms with Gasteiger partial charge in [0.1, 0.15) is 0 Å². The third-order valence-electron chi connectivity index (χ3n) is 1.81. The van der Waals surface area contributed by atoms with Gasteiger partial charge >= 0.3 is 0 Å². The highest BCUT2D eigenvalue weighted by molar-refractivity contribution is 5.81. The Morgan fingerprint density at radius 3 is 2.22 bits per heavy atom. The summed E-state index contributed by atoms with van der Waals surface area (Å²) in [4.78, 5) is 10.7. The molecule has 0 saturated carbocycles. The van der Waals surface area contributed by atoms with Crippen LogP contribution in [0.25, 0.3) is 0 Å².